The van der Waals surface area contributed by atoms with E-state index >= 15 is 0 Å². The second kappa shape index (κ2) is 6.60. The number of benzene rings is 2. The van der Waals surface area contributed by atoms with Gasteiger partial charge in [-0.15, -0.1) is 0 Å². The van der Waals surface area contributed by atoms with Crippen LogP contribution in [0.2, 0.25) is 0 Å². The molecule has 2 rings (SSSR count). The molecule has 0 aliphatic carbocycles. The van der Waals surface area contributed by atoms with E-state index in [2.05, 4.69) is 41.7 Å². The van der Waals surface area contributed by atoms with E-state index in [1.807, 2.05) is 36.4 Å². The largest absolute Gasteiger partial charge is 0.279 e. The van der Waals surface area contributed by atoms with Crippen LogP contribution in [-0.4, -0.2) is 5.71 Å². The first kappa shape index (κ1) is 12.4. The summed E-state index contributed by atoms with van der Waals surface area (Å²) in [7, 11) is 0. The van der Waals surface area contributed by atoms with Crippen LogP contribution in [0, 0.1) is 0 Å². The third kappa shape index (κ3) is 4.06. The lowest BCUT2D eigenvalue weighted by atomic mass is 10.1. The van der Waals surface area contributed by atoms with Crippen LogP contribution in [-0.2, 0) is 6.42 Å². The molecule has 0 radical (unpaired) electrons. The molecule has 1 N–H and O–H groups in total. The number of para-hydroxylation sites is 1. The smallest absolute Gasteiger partial charge is 0.0561 e. The summed E-state index contributed by atoms with van der Waals surface area (Å²) in [5.74, 6) is 0. The predicted molar refractivity (Wildman–Crippen MR) is 77.9 cm³/mol. The van der Waals surface area contributed by atoms with Crippen molar-refractivity contribution in [2.75, 3.05) is 5.43 Å². The van der Waals surface area contributed by atoms with Gasteiger partial charge in [0.05, 0.1) is 5.69 Å². The maximum Gasteiger partial charge on any atom is 0.0561 e. The van der Waals surface area contributed by atoms with Crippen molar-refractivity contribution in [3.63, 3.8) is 0 Å². The van der Waals surface area contributed by atoms with Crippen molar-refractivity contribution >= 4 is 11.4 Å². The topological polar surface area (TPSA) is 24.4 Å². The second-order valence-electron chi connectivity index (χ2n) is 4.31. The van der Waals surface area contributed by atoms with E-state index in [1.165, 1.54) is 5.56 Å². The van der Waals surface area contributed by atoms with Crippen LogP contribution in [0.15, 0.2) is 65.8 Å². The van der Waals surface area contributed by atoms with Crippen molar-refractivity contribution in [2.45, 2.75) is 19.8 Å². The van der Waals surface area contributed by atoms with Crippen molar-refractivity contribution in [1.29, 1.82) is 0 Å². The maximum atomic E-state index is 4.38. The Bertz CT molecular complexity index is 489. The van der Waals surface area contributed by atoms with Crippen LogP contribution in [0.3, 0.4) is 0 Å². The van der Waals surface area contributed by atoms with Gasteiger partial charge in [-0.3, -0.25) is 5.43 Å². The lowest BCUT2D eigenvalue weighted by molar-refractivity contribution is 1.03. The lowest BCUT2D eigenvalue weighted by Gasteiger charge is -2.03. The Morgan fingerprint density at radius 1 is 0.944 bits per heavy atom. The van der Waals surface area contributed by atoms with Gasteiger partial charge in [-0.2, -0.15) is 5.10 Å². The Hall–Kier alpha value is -2.09. The van der Waals surface area contributed by atoms with E-state index in [0.29, 0.717) is 0 Å². The van der Waals surface area contributed by atoms with Crippen LogP contribution in [0.4, 0.5) is 5.69 Å². The zero-order valence-electron chi connectivity index (χ0n) is 10.6. The predicted octanol–water partition coefficient (Wildman–Crippen LogP) is 4.11. The van der Waals surface area contributed by atoms with Crippen LogP contribution in [0.1, 0.15) is 18.9 Å². The van der Waals surface area contributed by atoms with Crippen molar-refractivity contribution in [3.05, 3.63) is 66.2 Å². The molecule has 18 heavy (non-hydrogen) atoms. The highest BCUT2D eigenvalue weighted by Crippen LogP contribution is 2.06. The Morgan fingerprint density at radius 2 is 1.56 bits per heavy atom. The van der Waals surface area contributed by atoms with Crippen molar-refractivity contribution in [1.82, 2.24) is 0 Å². The van der Waals surface area contributed by atoms with Crippen molar-refractivity contribution < 1.29 is 0 Å². The standard InChI is InChI=1S/C16H18N2/c1-14(12-13-15-8-4-2-5-9-15)17-18-16-10-6-3-7-11-16/h2-11,18H,12-13H2,1H3/b17-14+. The highest BCUT2D eigenvalue weighted by atomic mass is 15.3. The molecule has 0 saturated carbocycles. The van der Waals surface area contributed by atoms with E-state index in [4.69, 9.17) is 0 Å². The molecule has 0 bridgehead atoms. The lowest BCUT2D eigenvalue weighted by Crippen LogP contribution is -1.99. The number of rotatable bonds is 5. The summed E-state index contributed by atoms with van der Waals surface area (Å²) in [6, 6.07) is 20.5. The first-order chi connectivity index (χ1) is 8.84. The fourth-order valence-electron chi connectivity index (χ4n) is 1.70. The summed E-state index contributed by atoms with van der Waals surface area (Å²) in [4.78, 5) is 0. The number of aryl methyl sites for hydroxylation is 1. The summed E-state index contributed by atoms with van der Waals surface area (Å²) in [5, 5.41) is 4.38. The molecular formula is C16H18N2. The Labute approximate surface area is 108 Å². The minimum atomic E-state index is 0.976. The summed E-state index contributed by atoms with van der Waals surface area (Å²) >= 11 is 0. The molecule has 92 valence electrons. The Morgan fingerprint density at radius 3 is 2.22 bits per heavy atom. The Kier molecular flexibility index (Phi) is 4.53. The zero-order chi connectivity index (χ0) is 12.6. The van der Waals surface area contributed by atoms with Crippen molar-refractivity contribution in [3.8, 4) is 0 Å². The van der Waals surface area contributed by atoms with Crippen LogP contribution < -0.4 is 5.43 Å². The summed E-state index contributed by atoms with van der Waals surface area (Å²) < 4.78 is 0. The molecule has 0 aliphatic heterocycles. The monoisotopic (exact) mass is 238 g/mol. The number of hydrazone groups is 1. The molecule has 0 spiro atoms. The minimum Gasteiger partial charge on any atom is -0.279 e. The average molecular weight is 238 g/mol. The third-order valence-electron chi connectivity index (χ3n) is 2.77. The summed E-state index contributed by atoms with van der Waals surface area (Å²) in [6.07, 6.45) is 2.01. The SMILES string of the molecule is C/C(CCc1ccccc1)=N\Nc1ccccc1. The van der Waals surface area contributed by atoms with Gasteiger partial charge >= 0.3 is 0 Å². The first-order valence-corrected chi connectivity index (χ1v) is 6.23. The summed E-state index contributed by atoms with van der Waals surface area (Å²) in [5.41, 5.74) is 6.56. The van der Waals surface area contributed by atoms with E-state index in [0.717, 1.165) is 24.2 Å². The fraction of sp³-hybridized carbons (Fsp3) is 0.188. The molecule has 0 saturated heterocycles. The van der Waals surface area contributed by atoms with Gasteiger partial charge in [0.1, 0.15) is 0 Å². The molecule has 0 aliphatic rings. The number of nitrogens with zero attached hydrogens (tertiary/aromatic N) is 1. The van der Waals surface area contributed by atoms with E-state index < -0.39 is 0 Å². The Balaban J connectivity index is 1.83. The van der Waals surface area contributed by atoms with Gasteiger partial charge in [-0.1, -0.05) is 48.5 Å². The van der Waals surface area contributed by atoms with Gasteiger partial charge in [0.15, 0.2) is 0 Å². The van der Waals surface area contributed by atoms with Crippen molar-refractivity contribution in [2.24, 2.45) is 5.10 Å². The quantitative estimate of drug-likeness (QED) is 0.615. The molecule has 2 nitrogen and oxygen atoms in total. The average Bonchev–Trinajstić information content (AvgIpc) is 2.45. The molecule has 2 aromatic rings. The normalized spacial score (nSPS) is 11.3. The van der Waals surface area contributed by atoms with E-state index in [-0.39, 0.29) is 0 Å². The van der Waals surface area contributed by atoms with Gasteiger partial charge < -0.3 is 0 Å². The van der Waals surface area contributed by atoms with Gasteiger partial charge in [-0.25, -0.2) is 0 Å². The van der Waals surface area contributed by atoms with E-state index in [1.54, 1.807) is 0 Å². The molecule has 0 heterocycles. The fourth-order valence-corrected chi connectivity index (χ4v) is 1.70. The minimum absolute atomic E-state index is 0.976. The molecule has 0 amide bonds. The first-order valence-electron chi connectivity index (χ1n) is 6.23. The highest BCUT2D eigenvalue weighted by Gasteiger charge is 1.95. The van der Waals surface area contributed by atoms with E-state index in [9.17, 15) is 0 Å². The van der Waals surface area contributed by atoms with Gasteiger partial charge in [-0.05, 0) is 37.5 Å². The van der Waals surface area contributed by atoms with Crippen LogP contribution in [0.25, 0.3) is 0 Å². The summed E-state index contributed by atoms with van der Waals surface area (Å²) in [6.45, 7) is 2.05. The second-order valence-corrected chi connectivity index (χ2v) is 4.31. The van der Waals surface area contributed by atoms with Crippen LogP contribution >= 0.6 is 0 Å². The molecule has 0 aromatic heterocycles. The van der Waals surface area contributed by atoms with Gasteiger partial charge in [0.2, 0.25) is 0 Å². The molecule has 0 unspecified atom stereocenters. The number of nitrogens with one attached hydrogen (secondary N) is 1. The molecule has 2 heteroatoms. The van der Waals surface area contributed by atoms with Gasteiger partial charge in [0.25, 0.3) is 0 Å². The molecular weight excluding hydrogens is 220 g/mol. The van der Waals surface area contributed by atoms with Gasteiger partial charge in [0, 0.05) is 5.71 Å². The zero-order valence-corrected chi connectivity index (χ0v) is 10.6. The van der Waals surface area contributed by atoms with Crippen LogP contribution in [0.5, 0.6) is 0 Å². The number of anilines is 1. The number of hydrogen-bond donors (Lipinski definition) is 1. The molecule has 0 fully saturated rings. The number of hydrogen-bond acceptors (Lipinski definition) is 2. The molecule has 2 aromatic carbocycles. The molecule has 0 atom stereocenters. The maximum absolute atomic E-state index is 4.38. The third-order valence-corrected chi connectivity index (χ3v) is 2.77. The highest BCUT2D eigenvalue weighted by molar-refractivity contribution is 5.82.